The summed E-state index contributed by atoms with van der Waals surface area (Å²) in [5, 5.41) is 19.0. The molecule has 2 aromatic carbocycles. The van der Waals surface area contributed by atoms with Gasteiger partial charge < -0.3 is 0 Å². The van der Waals surface area contributed by atoms with Gasteiger partial charge in [0.05, 0.1) is 17.3 Å². The van der Waals surface area contributed by atoms with Crippen molar-refractivity contribution in [3.8, 4) is 5.69 Å². The minimum absolute atomic E-state index is 0.258. The first-order chi connectivity index (χ1) is 12.8. The zero-order valence-corrected chi connectivity index (χ0v) is 14.9. The van der Waals surface area contributed by atoms with E-state index in [9.17, 15) is 0 Å². The Kier molecular flexibility index (Phi) is 4.37. The lowest BCUT2D eigenvalue weighted by molar-refractivity contribution is 0.779. The Labute approximate surface area is 154 Å². The number of aromatic nitrogens is 4. The lowest BCUT2D eigenvalue weighted by atomic mass is 10.2. The monoisotopic (exact) mass is 360 g/mol. The highest BCUT2D eigenvalue weighted by molar-refractivity contribution is 7.98. The Bertz CT molecular complexity index is 1130. The molecule has 4 rings (SSSR count). The maximum Gasteiger partial charge on any atom is 0.169 e. The molecular weight excluding hydrogens is 344 g/mol. The van der Waals surface area contributed by atoms with Gasteiger partial charge in [0, 0.05) is 0 Å². The third-order valence-corrected chi connectivity index (χ3v) is 4.58. The predicted octanol–water partition coefficient (Wildman–Crippen LogP) is 3.31. The molecule has 4 aromatic rings. The van der Waals surface area contributed by atoms with Gasteiger partial charge in [-0.25, -0.2) is 14.3 Å². The molecule has 0 spiro atoms. The van der Waals surface area contributed by atoms with Gasteiger partial charge in [0.2, 0.25) is 0 Å². The standard InChI is InChI=1S/C19H16N6S/c1-26-19-16-17(20)24(22-12-14-8-4-2-5-9-14)13-21-18(16)25(23-19)15-10-6-3-7-11-15/h2-13,20H,1H3/b20-17?,22-12+. The van der Waals surface area contributed by atoms with Crippen molar-refractivity contribution in [2.75, 3.05) is 6.26 Å². The zero-order valence-electron chi connectivity index (χ0n) is 14.1. The molecule has 0 bridgehead atoms. The summed E-state index contributed by atoms with van der Waals surface area (Å²) in [5.74, 6) is 0. The van der Waals surface area contributed by atoms with Gasteiger partial charge in [-0.1, -0.05) is 48.5 Å². The van der Waals surface area contributed by atoms with E-state index in [1.807, 2.05) is 66.9 Å². The van der Waals surface area contributed by atoms with E-state index in [0.29, 0.717) is 11.0 Å². The Balaban J connectivity index is 1.85. The number of hydrogen-bond acceptors (Lipinski definition) is 5. The molecule has 0 aliphatic heterocycles. The van der Waals surface area contributed by atoms with E-state index in [1.54, 1.807) is 17.2 Å². The Hall–Kier alpha value is -3.19. The van der Waals surface area contributed by atoms with Crippen LogP contribution in [0.2, 0.25) is 0 Å². The number of nitrogens with one attached hydrogen (secondary N) is 1. The SMILES string of the molecule is CSc1nn(-c2ccccc2)c2ncn(/N=C/c3ccccc3)c(=N)c12. The fourth-order valence-corrected chi connectivity index (χ4v) is 3.20. The van der Waals surface area contributed by atoms with Gasteiger partial charge in [0.25, 0.3) is 0 Å². The van der Waals surface area contributed by atoms with E-state index < -0.39 is 0 Å². The van der Waals surface area contributed by atoms with Crippen LogP contribution in [-0.4, -0.2) is 31.9 Å². The molecule has 0 atom stereocenters. The molecule has 0 amide bonds. The molecule has 6 nitrogen and oxygen atoms in total. The summed E-state index contributed by atoms with van der Waals surface area (Å²) in [6.45, 7) is 0. The highest BCUT2D eigenvalue weighted by Gasteiger charge is 2.15. The van der Waals surface area contributed by atoms with Crippen molar-refractivity contribution < 1.29 is 0 Å². The third kappa shape index (κ3) is 2.93. The first-order valence-electron chi connectivity index (χ1n) is 8.02. The average Bonchev–Trinajstić information content (AvgIpc) is 3.08. The van der Waals surface area contributed by atoms with Crippen molar-refractivity contribution in [2.24, 2.45) is 5.10 Å². The molecule has 2 aromatic heterocycles. The minimum atomic E-state index is 0.258. The molecule has 7 heteroatoms. The zero-order chi connectivity index (χ0) is 17.9. The topological polar surface area (TPSA) is 71.8 Å². The second kappa shape index (κ2) is 6.97. The Morgan fingerprint density at radius 1 is 1.04 bits per heavy atom. The molecule has 2 heterocycles. The highest BCUT2D eigenvalue weighted by Crippen LogP contribution is 2.23. The molecule has 26 heavy (non-hydrogen) atoms. The molecule has 0 saturated carbocycles. The van der Waals surface area contributed by atoms with Crippen molar-refractivity contribution >= 4 is 29.0 Å². The molecule has 0 fully saturated rings. The summed E-state index contributed by atoms with van der Waals surface area (Å²) in [6.07, 6.45) is 5.21. The van der Waals surface area contributed by atoms with Crippen molar-refractivity contribution in [2.45, 2.75) is 5.03 Å². The maximum atomic E-state index is 8.57. The molecule has 0 unspecified atom stereocenters. The molecular formula is C19H16N6S. The van der Waals surface area contributed by atoms with Gasteiger partial charge >= 0.3 is 0 Å². The summed E-state index contributed by atoms with van der Waals surface area (Å²) in [6, 6.07) is 19.6. The number of fused-ring (bicyclic) bond motifs is 1. The van der Waals surface area contributed by atoms with Gasteiger partial charge in [-0.3, -0.25) is 5.41 Å². The average molecular weight is 360 g/mol. The van der Waals surface area contributed by atoms with Crippen LogP contribution < -0.4 is 5.49 Å². The number of thioether (sulfide) groups is 1. The van der Waals surface area contributed by atoms with E-state index in [1.165, 1.54) is 16.4 Å². The lowest BCUT2D eigenvalue weighted by Crippen LogP contribution is -2.17. The minimum Gasteiger partial charge on any atom is -0.282 e. The van der Waals surface area contributed by atoms with Crippen molar-refractivity contribution in [1.29, 1.82) is 5.41 Å². The fourth-order valence-electron chi connectivity index (χ4n) is 2.65. The molecule has 1 N–H and O–H groups in total. The molecule has 0 radical (unpaired) electrons. The second-order valence-electron chi connectivity index (χ2n) is 5.55. The first kappa shape index (κ1) is 16.3. The van der Waals surface area contributed by atoms with Crippen LogP contribution in [0.15, 0.2) is 77.1 Å². The van der Waals surface area contributed by atoms with Crippen molar-refractivity contribution in [3.05, 3.63) is 78.0 Å². The number of para-hydroxylation sites is 1. The normalized spacial score (nSPS) is 11.4. The van der Waals surface area contributed by atoms with Gasteiger partial charge in [-0.2, -0.15) is 10.2 Å². The van der Waals surface area contributed by atoms with Gasteiger partial charge in [0.1, 0.15) is 11.4 Å². The maximum absolute atomic E-state index is 8.57. The lowest BCUT2D eigenvalue weighted by Gasteiger charge is -2.03. The smallest absolute Gasteiger partial charge is 0.169 e. The third-order valence-electron chi connectivity index (χ3n) is 3.91. The molecule has 0 aliphatic carbocycles. The number of nitrogens with zero attached hydrogens (tertiary/aromatic N) is 5. The van der Waals surface area contributed by atoms with Crippen molar-refractivity contribution in [3.63, 3.8) is 0 Å². The van der Waals surface area contributed by atoms with Crippen LogP contribution in [0.5, 0.6) is 0 Å². The van der Waals surface area contributed by atoms with E-state index in [2.05, 4.69) is 15.2 Å². The number of hydrogen-bond donors (Lipinski definition) is 1. The fraction of sp³-hybridized carbons (Fsp3) is 0.0526. The molecule has 128 valence electrons. The van der Waals surface area contributed by atoms with Crippen LogP contribution in [0.1, 0.15) is 5.56 Å². The van der Waals surface area contributed by atoms with Crippen molar-refractivity contribution in [1.82, 2.24) is 19.4 Å². The van der Waals surface area contributed by atoms with Crippen LogP contribution in [0, 0.1) is 5.41 Å². The van der Waals surface area contributed by atoms with Crippen LogP contribution in [0.25, 0.3) is 16.7 Å². The quantitative estimate of drug-likeness (QED) is 0.448. The van der Waals surface area contributed by atoms with Gasteiger partial charge in [-0.05, 0) is 24.0 Å². The Morgan fingerprint density at radius 2 is 1.73 bits per heavy atom. The van der Waals surface area contributed by atoms with E-state index in [4.69, 9.17) is 5.41 Å². The summed E-state index contributed by atoms with van der Waals surface area (Å²) < 4.78 is 3.23. The summed E-state index contributed by atoms with van der Waals surface area (Å²) in [4.78, 5) is 4.52. The number of benzene rings is 2. The predicted molar refractivity (Wildman–Crippen MR) is 104 cm³/mol. The highest BCUT2D eigenvalue weighted by atomic mass is 32.2. The number of rotatable bonds is 4. The van der Waals surface area contributed by atoms with E-state index in [0.717, 1.165) is 16.3 Å². The largest absolute Gasteiger partial charge is 0.282 e. The summed E-state index contributed by atoms with van der Waals surface area (Å²) >= 11 is 1.49. The first-order valence-corrected chi connectivity index (χ1v) is 9.24. The van der Waals surface area contributed by atoms with Crippen LogP contribution in [0.4, 0.5) is 0 Å². The van der Waals surface area contributed by atoms with Gasteiger partial charge in [0.15, 0.2) is 11.1 Å². The van der Waals surface area contributed by atoms with Gasteiger partial charge in [-0.15, -0.1) is 11.8 Å². The van der Waals surface area contributed by atoms with E-state index in [-0.39, 0.29) is 5.49 Å². The Morgan fingerprint density at radius 3 is 2.42 bits per heavy atom. The van der Waals surface area contributed by atoms with Crippen LogP contribution >= 0.6 is 11.8 Å². The summed E-state index contributed by atoms with van der Waals surface area (Å²) in [5.41, 5.74) is 2.78. The molecule has 0 aliphatic rings. The summed E-state index contributed by atoms with van der Waals surface area (Å²) in [7, 11) is 0. The van der Waals surface area contributed by atoms with Crippen LogP contribution in [0.3, 0.4) is 0 Å². The van der Waals surface area contributed by atoms with E-state index >= 15 is 0 Å². The molecule has 0 saturated heterocycles. The van der Waals surface area contributed by atoms with Crippen LogP contribution in [-0.2, 0) is 0 Å². The second-order valence-corrected chi connectivity index (χ2v) is 6.34.